The normalized spacial score (nSPS) is 19.0. The Kier molecular flexibility index (Phi) is 17.5. The van der Waals surface area contributed by atoms with E-state index in [0.29, 0.717) is 0 Å². The fraction of sp³-hybridized carbons (Fsp3) is 0.842. The largest absolute Gasteiger partial charge is 0.358 e. The van der Waals surface area contributed by atoms with Gasteiger partial charge in [-0.05, 0) is 5.92 Å². The van der Waals surface area contributed by atoms with E-state index in [1.807, 2.05) is 0 Å². The molecule has 0 aromatic heterocycles. The molecule has 0 unspecified atom stereocenters. The molecule has 0 aromatic carbocycles. The molecule has 0 amide bonds. The number of nitrogens with zero attached hydrogens (tertiary/aromatic N) is 1. The van der Waals surface area contributed by atoms with E-state index in [2.05, 4.69) is 43.9 Å². The van der Waals surface area contributed by atoms with Crippen molar-refractivity contribution in [1.29, 1.82) is 0 Å². The predicted molar refractivity (Wildman–Crippen MR) is 92.5 cm³/mol. The van der Waals surface area contributed by atoms with Gasteiger partial charge < -0.3 is 20.3 Å². The molecule has 0 atom stereocenters. The average molecular weight is 461 g/mol. The maximum absolute atomic E-state index is 4.13. The van der Waals surface area contributed by atoms with Crippen LogP contribution in [0.3, 0.4) is 0 Å². The van der Waals surface area contributed by atoms with Crippen molar-refractivity contribution in [3.8, 4) is 0 Å². The van der Waals surface area contributed by atoms with Gasteiger partial charge in [0.25, 0.3) is 0 Å². The van der Waals surface area contributed by atoms with Crippen molar-refractivity contribution in [3.63, 3.8) is 0 Å². The molecule has 2 aliphatic rings. The minimum atomic E-state index is 0. The molecule has 0 heterocycles. The molecule has 2 heteroatoms. The topological polar surface area (TPSA) is 12.4 Å². The maximum atomic E-state index is 4.13. The second-order valence-corrected chi connectivity index (χ2v) is 7.63. The summed E-state index contributed by atoms with van der Waals surface area (Å²) in [7, 11) is 0. The van der Waals surface area contributed by atoms with Gasteiger partial charge in [-0.3, -0.25) is 0 Å². The summed E-state index contributed by atoms with van der Waals surface area (Å²) in [6, 6.07) is 0. The van der Waals surface area contributed by atoms with Gasteiger partial charge in [-0.15, -0.1) is 0 Å². The van der Waals surface area contributed by atoms with Crippen molar-refractivity contribution >= 4 is 0 Å². The van der Waals surface area contributed by atoms with Crippen LogP contribution in [0.2, 0.25) is 0 Å². The third kappa shape index (κ3) is 18.5. The van der Waals surface area contributed by atoms with E-state index in [0.717, 1.165) is 26.8 Å². The Labute approximate surface area is 147 Å². The van der Waals surface area contributed by atoms with Crippen molar-refractivity contribution in [2.75, 3.05) is 0 Å². The van der Waals surface area contributed by atoms with E-state index in [9.17, 15) is 0 Å². The first-order valence-electron chi connectivity index (χ1n) is 8.49. The van der Waals surface area contributed by atoms with E-state index in [1.54, 1.807) is 0 Å². The van der Waals surface area contributed by atoms with Gasteiger partial charge in [0.15, 0.2) is 0 Å². The Morgan fingerprint density at radius 1 is 0.952 bits per heavy atom. The van der Waals surface area contributed by atoms with Crippen LogP contribution < -0.4 is 0 Å². The first-order chi connectivity index (χ1) is 9.49. The standard InChI is InChI=1S/C8H15.C6H11.C4H9N.CH3.Ta/c1-2-8-6-4-3-5-7-8;1-2-4-6-5-3-1;1-4(2,3)5;;/h3,8H,2,4-7H2,1H3;1H,2-6H2;1-3H3;1H3;/q2*-1;;-1;. The quantitative estimate of drug-likeness (QED) is 0.376. The van der Waals surface area contributed by atoms with Gasteiger partial charge >= 0.3 is 50.5 Å². The van der Waals surface area contributed by atoms with Crippen molar-refractivity contribution in [2.24, 2.45) is 9.26 Å². The van der Waals surface area contributed by atoms with Gasteiger partial charge in [0, 0.05) is 0 Å². The van der Waals surface area contributed by atoms with E-state index < -0.39 is 0 Å². The van der Waals surface area contributed by atoms with Crippen LogP contribution in [0.4, 0.5) is 0 Å². The summed E-state index contributed by atoms with van der Waals surface area (Å²) in [5.74, 6) is 1.06. The first kappa shape index (κ1) is 23.8. The van der Waals surface area contributed by atoms with Crippen LogP contribution in [0, 0.1) is 26.2 Å². The molecule has 0 radical (unpaired) electrons. The Balaban J connectivity index is 0. The molecule has 21 heavy (non-hydrogen) atoms. The Morgan fingerprint density at radius 2 is 1.38 bits per heavy atom. The Bertz CT molecular complexity index is 199. The molecule has 0 saturated heterocycles. The number of hydrogen-bond acceptors (Lipinski definition) is 1. The van der Waals surface area contributed by atoms with Crippen LogP contribution in [0.25, 0.3) is 0 Å². The average Bonchev–Trinajstić information content (AvgIpc) is 2.50. The Morgan fingerprint density at radius 3 is 1.57 bits per heavy atom. The van der Waals surface area contributed by atoms with Crippen LogP contribution >= 0.6 is 0 Å². The van der Waals surface area contributed by atoms with Gasteiger partial charge in [0.1, 0.15) is 0 Å². The minimum Gasteiger partial charge on any atom is -0.358 e. The fourth-order valence-electron chi connectivity index (χ4n) is 2.30. The van der Waals surface area contributed by atoms with Crippen LogP contribution in [0.5, 0.6) is 0 Å². The number of rotatable bonds is 1. The van der Waals surface area contributed by atoms with Crippen LogP contribution in [0.15, 0.2) is 3.34 Å². The Hall–Kier alpha value is 0.540. The summed E-state index contributed by atoms with van der Waals surface area (Å²) in [5, 5.41) is 0. The van der Waals surface area contributed by atoms with E-state index >= 15 is 0 Å². The molecular weight excluding hydrogens is 423 g/mol. The molecule has 1 nitrogen and oxygen atoms in total. The summed E-state index contributed by atoms with van der Waals surface area (Å²) in [6.45, 7) is 8.61. The molecule has 0 aliphatic heterocycles. The molecule has 0 aromatic rings. The van der Waals surface area contributed by atoms with Crippen LogP contribution in [0.1, 0.15) is 91.9 Å². The molecule has 2 aliphatic carbocycles. The van der Waals surface area contributed by atoms with Gasteiger partial charge in [0.2, 0.25) is 0 Å². The van der Waals surface area contributed by atoms with E-state index in [4.69, 9.17) is 0 Å². The minimum absolute atomic E-state index is 0. The number of hydrogen-bond donors (Lipinski definition) is 0. The third-order valence-electron chi connectivity index (χ3n) is 3.75. The summed E-state index contributed by atoms with van der Waals surface area (Å²) in [5.41, 5.74) is 0.216. The van der Waals surface area contributed by atoms with Gasteiger partial charge in [0.05, 0.1) is 0 Å². The summed E-state index contributed by atoms with van der Waals surface area (Å²) in [6.07, 6.45) is 19.0. The molecule has 0 spiro atoms. The SMILES string of the molecule is CC(C)(C)[N]=[Ta].CCC1CC[CH-]CC1.[CH-]1CCCCC1.[CH3-]. The monoisotopic (exact) mass is 461 g/mol. The molecule has 2 rings (SSSR count). The van der Waals surface area contributed by atoms with Crippen molar-refractivity contribution in [3.05, 3.63) is 20.3 Å². The predicted octanol–water partition coefficient (Wildman–Crippen LogP) is 6.91. The van der Waals surface area contributed by atoms with Gasteiger partial charge in [-0.2, -0.15) is 25.7 Å². The molecule has 127 valence electrons. The molecule has 2 saturated carbocycles. The second-order valence-electron chi connectivity index (χ2n) is 6.92. The van der Waals surface area contributed by atoms with Crippen molar-refractivity contribution in [2.45, 2.75) is 97.4 Å². The zero-order valence-corrected chi connectivity index (χ0v) is 18.4. The second kappa shape index (κ2) is 15.4. The van der Waals surface area contributed by atoms with Crippen LogP contribution in [-0.2, 0) is 20.9 Å². The molecule has 2 fully saturated rings. The molecular formula is C19H38NTa-3. The van der Waals surface area contributed by atoms with E-state index in [-0.39, 0.29) is 13.0 Å². The zero-order chi connectivity index (χ0) is 15.3. The smallest absolute Gasteiger partial charge is 0.0465 e. The molecule has 0 N–H and O–H groups in total. The summed E-state index contributed by atoms with van der Waals surface area (Å²) < 4.78 is 4.13. The van der Waals surface area contributed by atoms with E-state index in [1.165, 1.54) is 64.2 Å². The maximum Gasteiger partial charge on any atom is -0.0465 e. The zero-order valence-electron chi connectivity index (χ0n) is 15.2. The van der Waals surface area contributed by atoms with Crippen molar-refractivity contribution < 1.29 is 20.9 Å². The third-order valence-corrected chi connectivity index (χ3v) is 5.91. The summed E-state index contributed by atoms with van der Waals surface area (Å²) >= 11 is 1.15. The first-order valence-corrected chi connectivity index (χ1v) is 9.93. The van der Waals surface area contributed by atoms with Crippen LogP contribution in [-0.4, -0.2) is 5.54 Å². The van der Waals surface area contributed by atoms with Gasteiger partial charge in [-0.1, -0.05) is 45.4 Å². The summed E-state index contributed by atoms with van der Waals surface area (Å²) in [4.78, 5) is 0. The fourth-order valence-corrected chi connectivity index (χ4v) is 2.30. The molecule has 0 bridgehead atoms. The van der Waals surface area contributed by atoms with Crippen molar-refractivity contribution in [1.82, 2.24) is 0 Å². The van der Waals surface area contributed by atoms with Gasteiger partial charge in [-0.25, -0.2) is 0 Å².